The van der Waals surface area contributed by atoms with Crippen LogP contribution in [0.5, 0.6) is 5.88 Å². The average Bonchev–Trinajstić information content (AvgIpc) is 3.25. The molecule has 0 unspecified atom stereocenters. The molecule has 1 heterocycles. The number of pyridine rings is 1. The van der Waals surface area contributed by atoms with Crippen molar-refractivity contribution in [1.29, 1.82) is 5.26 Å². The van der Waals surface area contributed by atoms with Gasteiger partial charge in [-0.1, -0.05) is 23.2 Å². The Balaban J connectivity index is 1.85. The zero-order valence-electron chi connectivity index (χ0n) is 12.1. The van der Waals surface area contributed by atoms with Crippen molar-refractivity contribution in [3.63, 3.8) is 0 Å². The summed E-state index contributed by atoms with van der Waals surface area (Å²) < 4.78 is 46.5. The maximum Gasteiger partial charge on any atom is 0.490 e. The van der Waals surface area contributed by atoms with Gasteiger partial charge in [0, 0.05) is 0 Å². The summed E-state index contributed by atoms with van der Waals surface area (Å²) in [6.45, 7) is 0.0744. The average molecular weight is 383 g/mol. The molecule has 0 aliphatic heterocycles. The molecule has 1 aliphatic carbocycles. The fourth-order valence-corrected chi connectivity index (χ4v) is 2.28. The second-order valence-electron chi connectivity index (χ2n) is 5.25. The summed E-state index contributed by atoms with van der Waals surface area (Å²) >= 11 is 11.5. The Bertz CT molecular complexity index is 685. The van der Waals surface area contributed by atoms with E-state index in [0.717, 1.165) is 0 Å². The van der Waals surface area contributed by atoms with Crippen LogP contribution in [0, 0.1) is 11.3 Å². The van der Waals surface area contributed by atoms with Crippen molar-refractivity contribution in [2.24, 2.45) is 0 Å². The molecule has 0 aromatic carbocycles. The van der Waals surface area contributed by atoms with Gasteiger partial charge in [-0.2, -0.15) is 23.4 Å². The van der Waals surface area contributed by atoms with Crippen molar-refractivity contribution in [1.82, 2.24) is 4.98 Å². The van der Waals surface area contributed by atoms with E-state index in [0.29, 0.717) is 19.3 Å². The normalized spacial score (nSPS) is 15.5. The number of aromatic nitrogens is 1. The maximum absolute atomic E-state index is 12.2. The lowest BCUT2D eigenvalue weighted by atomic mass is 10.2. The number of hydrogen-bond acceptors (Lipinski definition) is 5. The quantitative estimate of drug-likeness (QED) is 0.421. The highest BCUT2D eigenvalue weighted by Gasteiger charge is 2.52. The summed E-state index contributed by atoms with van der Waals surface area (Å²) in [6, 6.07) is 3.16. The number of alkyl halides is 3. The third-order valence-electron chi connectivity index (χ3n) is 3.38. The number of halogens is 5. The smallest absolute Gasteiger partial charge is 0.477 e. The van der Waals surface area contributed by atoms with E-state index in [2.05, 4.69) is 9.72 Å². The van der Waals surface area contributed by atoms with Crippen LogP contribution in [0.1, 0.15) is 31.2 Å². The standard InChI is InChI=1S/C14H11Cl2F3N2O3/c15-9-6-8(7-20)11(21-10(9)16)23-5-1-2-13(3-4-13)24-12(22)14(17,18)19/h6H,1-5H2. The zero-order chi connectivity index (χ0) is 18.0. The van der Waals surface area contributed by atoms with Crippen LogP contribution in [0.4, 0.5) is 13.2 Å². The summed E-state index contributed by atoms with van der Waals surface area (Å²) in [6.07, 6.45) is -3.71. The predicted octanol–water partition coefficient (Wildman–Crippen LogP) is 4.06. The first kappa shape index (κ1) is 18.6. The minimum atomic E-state index is -5.00. The lowest BCUT2D eigenvalue weighted by Gasteiger charge is -2.17. The van der Waals surface area contributed by atoms with Crippen LogP contribution >= 0.6 is 23.2 Å². The van der Waals surface area contributed by atoms with E-state index in [4.69, 9.17) is 33.2 Å². The molecule has 1 fully saturated rings. The fourth-order valence-electron chi connectivity index (χ4n) is 2.00. The third kappa shape index (κ3) is 4.65. The first-order valence-electron chi connectivity index (χ1n) is 6.86. The Labute approximate surface area is 145 Å². The topological polar surface area (TPSA) is 72.2 Å². The molecule has 1 saturated carbocycles. The van der Waals surface area contributed by atoms with E-state index in [9.17, 15) is 18.0 Å². The van der Waals surface area contributed by atoms with Crippen molar-refractivity contribution in [3.8, 4) is 11.9 Å². The van der Waals surface area contributed by atoms with Gasteiger partial charge in [0.15, 0.2) is 5.15 Å². The second kappa shape index (κ2) is 7.03. The molecule has 0 bridgehead atoms. The fraction of sp³-hybridized carbons (Fsp3) is 0.500. The molecule has 1 aromatic rings. The van der Waals surface area contributed by atoms with E-state index < -0.39 is 17.7 Å². The van der Waals surface area contributed by atoms with E-state index in [1.165, 1.54) is 6.07 Å². The molecule has 1 aliphatic rings. The van der Waals surface area contributed by atoms with Crippen molar-refractivity contribution in [2.45, 2.75) is 37.5 Å². The molecule has 5 nitrogen and oxygen atoms in total. The molecule has 0 atom stereocenters. The maximum atomic E-state index is 12.2. The first-order valence-corrected chi connectivity index (χ1v) is 7.61. The summed E-state index contributed by atoms with van der Waals surface area (Å²) in [7, 11) is 0. The van der Waals surface area contributed by atoms with E-state index >= 15 is 0 Å². The van der Waals surface area contributed by atoms with E-state index in [1.807, 2.05) is 6.07 Å². The first-order chi connectivity index (χ1) is 11.2. The summed E-state index contributed by atoms with van der Waals surface area (Å²) in [5, 5.41) is 9.05. The zero-order valence-corrected chi connectivity index (χ0v) is 13.6. The van der Waals surface area contributed by atoms with Crippen LogP contribution < -0.4 is 4.74 Å². The van der Waals surface area contributed by atoms with Gasteiger partial charge in [-0.3, -0.25) is 0 Å². The van der Waals surface area contributed by atoms with Gasteiger partial charge in [-0.15, -0.1) is 0 Å². The van der Waals surface area contributed by atoms with Crippen molar-refractivity contribution in [3.05, 3.63) is 21.8 Å². The highest BCUT2D eigenvalue weighted by molar-refractivity contribution is 6.41. The summed E-state index contributed by atoms with van der Waals surface area (Å²) in [5.41, 5.74) is -0.979. The van der Waals surface area contributed by atoms with Crippen LogP contribution in [0.25, 0.3) is 0 Å². The molecule has 1 aromatic heterocycles. The monoisotopic (exact) mass is 382 g/mol. The lowest BCUT2D eigenvalue weighted by Crippen LogP contribution is -2.31. The molecule has 2 rings (SSSR count). The molecule has 0 spiro atoms. The van der Waals surface area contributed by atoms with Gasteiger partial charge in [0.05, 0.1) is 11.6 Å². The Hall–Kier alpha value is -1.72. The number of esters is 1. The Morgan fingerprint density at radius 2 is 2.08 bits per heavy atom. The number of nitrogens with zero attached hydrogens (tertiary/aromatic N) is 2. The van der Waals surface area contributed by atoms with Gasteiger partial charge >= 0.3 is 12.1 Å². The largest absolute Gasteiger partial charge is 0.490 e. The highest BCUT2D eigenvalue weighted by atomic mass is 35.5. The second-order valence-corrected chi connectivity index (χ2v) is 6.01. The van der Waals surface area contributed by atoms with Crippen molar-refractivity contribution in [2.75, 3.05) is 6.61 Å². The predicted molar refractivity (Wildman–Crippen MR) is 77.8 cm³/mol. The van der Waals surface area contributed by atoms with Crippen LogP contribution in [-0.4, -0.2) is 29.3 Å². The number of carbonyl (C=O) groups is 1. The number of ether oxygens (including phenoxy) is 2. The lowest BCUT2D eigenvalue weighted by molar-refractivity contribution is -0.207. The Morgan fingerprint density at radius 1 is 1.42 bits per heavy atom. The Kier molecular flexibility index (Phi) is 5.45. The van der Waals surface area contributed by atoms with Crippen LogP contribution in [0.2, 0.25) is 10.2 Å². The number of rotatable bonds is 6. The van der Waals surface area contributed by atoms with Gasteiger partial charge in [0.25, 0.3) is 0 Å². The molecule has 0 radical (unpaired) electrons. The van der Waals surface area contributed by atoms with E-state index in [1.54, 1.807) is 0 Å². The molecule has 0 saturated heterocycles. The number of hydrogen-bond donors (Lipinski definition) is 0. The third-order valence-corrected chi connectivity index (χ3v) is 4.06. The van der Waals surface area contributed by atoms with Crippen molar-refractivity contribution >= 4 is 29.2 Å². The van der Waals surface area contributed by atoms with Crippen LogP contribution in [0.15, 0.2) is 6.07 Å². The van der Waals surface area contributed by atoms with Gasteiger partial charge < -0.3 is 9.47 Å². The van der Waals surface area contributed by atoms with Crippen molar-refractivity contribution < 1.29 is 27.4 Å². The van der Waals surface area contributed by atoms with Gasteiger partial charge in [0.2, 0.25) is 5.88 Å². The molecule has 10 heteroatoms. The molecule has 130 valence electrons. The number of nitriles is 1. The van der Waals surface area contributed by atoms with Crippen LogP contribution in [-0.2, 0) is 9.53 Å². The SMILES string of the molecule is N#Cc1cc(Cl)c(Cl)nc1OCCCC1(OC(=O)C(F)(F)F)CC1. The summed E-state index contributed by atoms with van der Waals surface area (Å²) in [4.78, 5) is 14.7. The molecular weight excluding hydrogens is 372 g/mol. The van der Waals surface area contributed by atoms with Gasteiger partial charge in [0.1, 0.15) is 17.2 Å². The molecular formula is C14H11Cl2F3N2O3. The minimum absolute atomic E-state index is 0.0102. The van der Waals surface area contributed by atoms with Gasteiger partial charge in [-0.25, -0.2) is 4.79 Å². The Morgan fingerprint density at radius 3 is 2.62 bits per heavy atom. The molecule has 0 amide bonds. The highest BCUT2D eigenvalue weighted by Crippen LogP contribution is 2.45. The molecule has 0 N–H and O–H groups in total. The number of carbonyl (C=O) groups excluding carboxylic acids is 1. The minimum Gasteiger partial charge on any atom is -0.477 e. The van der Waals surface area contributed by atoms with E-state index in [-0.39, 0.29) is 34.6 Å². The summed E-state index contributed by atoms with van der Waals surface area (Å²) in [5.74, 6) is -2.19. The molecule has 24 heavy (non-hydrogen) atoms. The van der Waals surface area contributed by atoms with Crippen LogP contribution in [0.3, 0.4) is 0 Å². The van der Waals surface area contributed by atoms with Gasteiger partial charge in [-0.05, 0) is 31.7 Å².